The zero-order valence-corrected chi connectivity index (χ0v) is 5.05. The van der Waals surface area contributed by atoms with Crippen LogP contribution in [0.2, 0.25) is 0 Å². The molecule has 3 heteroatoms. The summed E-state index contributed by atoms with van der Waals surface area (Å²) >= 11 is 0. The predicted molar refractivity (Wildman–Crippen MR) is 30.8 cm³/mol. The lowest BCUT2D eigenvalue weighted by molar-refractivity contribution is -0.102. The molecule has 0 atom stereocenters. The summed E-state index contributed by atoms with van der Waals surface area (Å²) in [5, 5.41) is 3.41. The van der Waals surface area contributed by atoms with E-state index in [4.69, 9.17) is 0 Å². The molecule has 0 aliphatic carbocycles. The maximum atomic E-state index is 9.80. The Hall–Kier alpha value is -0.860. The van der Waals surface area contributed by atoms with Crippen LogP contribution in [0.25, 0.3) is 0 Å². The Balaban J connectivity index is 3.40. The summed E-state index contributed by atoms with van der Waals surface area (Å²) in [6, 6.07) is 0. The van der Waals surface area contributed by atoms with Crippen LogP contribution < -0.4 is 0 Å². The first-order chi connectivity index (χ1) is 3.81. The Morgan fingerprint density at radius 1 is 1.88 bits per heavy atom. The molecule has 0 aromatic heterocycles. The van der Waals surface area contributed by atoms with Crippen molar-refractivity contribution in [2.45, 2.75) is 13.8 Å². The Morgan fingerprint density at radius 3 is 2.88 bits per heavy atom. The van der Waals surface area contributed by atoms with Crippen molar-refractivity contribution in [3.8, 4) is 0 Å². The van der Waals surface area contributed by atoms with E-state index in [1.165, 1.54) is 0 Å². The van der Waals surface area contributed by atoms with Gasteiger partial charge >= 0.3 is 0 Å². The van der Waals surface area contributed by atoms with Gasteiger partial charge in [0.1, 0.15) is 12.3 Å². The molecular formula is C5H9NO2. The van der Waals surface area contributed by atoms with Gasteiger partial charge in [0.05, 0.1) is 0 Å². The van der Waals surface area contributed by atoms with Crippen molar-refractivity contribution in [1.82, 2.24) is 0 Å². The highest BCUT2D eigenvalue weighted by atomic mass is 16.6. The fourth-order valence-electron chi connectivity index (χ4n) is 0.188. The quantitative estimate of drug-likeness (QED) is 0.307. The topological polar surface area (TPSA) is 38.7 Å². The lowest BCUT2D eigenvalue weighted by Gasteiger charge is -1.89. The summed E-state index contributed by atoms with van der Waals surface area (Å²) in [7, 11) is 0. The van der Waals surface area contributed by atoms with Crippen molar-refractivity contribution in [2.24, 2.45) is 5.16 Å². The SMILES string of the molecule is CCON=C(C)C=O. The normalized spacial score (nSPS) is 11.0. The summed E-state index contributed by atoms with van der Waals surface area (Å²) in [6.07, 6.45) is 0.648. The molecule has 0 N–H and O–H groups in total. The molecule has 0 aliphatic heterocycles. The Morgan fingerprint density at radius 2 is 2.50 bits per heavy atom. The molecule has 0 fully saturated rings. The number of rotatable bonds is 3. The lowest BCUT2D eigenvalue weighted by Crippen LogP contribution is -1.92. The first-order valence-corrected chi connectivity index (χ1v) is 2.43. The molecule has 0 heterocycles. The standard InChI is InChI=1S/C5H9NO2/c1-3-8-6-5(2)4-7/h4H,3H2,1-2H3. The highest BCUT2D eigenvalue weighted by Crippen LogP contribution is 1.75. The van der Waals surface area contributed by atoms with Crippen LogP contribution in [0.3, 0.4) is 0 Å². The van der Waals surface area contributed by atoms with Crippen LogP contribution in [0.5, 0.6) is 0 Å². The number of nitrogens with zero attached hydrogens (tertiary/aromatic N) is 1. The molecule has 0 aliphatic rings. The van der Waals surface area contributed by atoms with Crippen LogP contribution in [0.15, 0.2) is 5.16 Å². The van der Waals surface area contributed by atoms with E-state index in [-0.39, 0.29) is 0 Å². The third-order valence-electron chi connectivity index (χ3n) is 0.508. The molecule has 46 valence electrons. The lowest BCUT2D eigenvalue weighted by atomic mass is 10.5. The fraction of sp³-hybridized carbons (Fsp3) is 0.600. The van der Waals surface area contributed by atoms with Gasteiger partial charge in [0, 0.05) is 0 Å². The van der Waals surface area contributed by atoms with E-state index in [0.29, 0.717) is 18.6 Å². The predicted octanol–water partition coefficient (Wildman–Crippen LogP) is 0.598. The van der Waals surface area contributed by atoms with Gasteiger partial charge in [-0.3, -0.25) is 4.79 Å². The molecule has 0 aromatic carbocycles. The zero-order valence-electron chi connectivity index (χ0n) is 5.05. The van der Waals surface area contributed by atoms with E-state index < -0.39 is 0 Å². The van der Waals surface area contributed by atoms with Crippen molar-refractivity contribution >= 4 is 12.0 Å². The summed E-state index contributed by atoms with van der Waals surface area (Å²) in [6.45, 7) is 3.90. The van der Waals surface area contributed by atoms with Crippen LogP contribution in [-0.2, 0) is 9.63 Å². The molecule has 3 nitrogen and oxygen atoms in total. The fourth-order valence-corrected chi connectivity index (χ4v) is 0.188. The van der Waals surface area contributed by atoms with E-state index in [2.05, 4.69) is 9.99 Å². The smallest absolute Gasteiger partial charge is 0.167 e. The molecule has 0 unspecified atom stereocenters. The second-order valence-electron chi connectivity index (χ2n) is 1.27. The van der Waals surface area contributed by atoms with Gasteiger partial charge in [0.2, 0.25) is 0 Å². The van der Waals surface area contributed by atoms with Gasteiger partial charge in [-0.1, -0.05) is 5.16 Å². The molecule has 0 amide bonds. The van der Waals surface area contributed by atoms with Crippen molar-refractivity contribution in [3.63, 3.8) is 0 Å². The number of carbonyl (C=O) groups is 1. The maximum Gasteiger partial charge on any atom is 0.167 e. The first kappa shape index (κ1) is 7.14. The highest BCUT2D eigenvalue weighted by Gasteiger charge is 1.81. The van der Waals surface area contributed by atoms with Crippen LogP contribution in [-0.4, -0.2) is 18.6 Å². The minimum atomic E-state index is 0.367. The van der Waals surface area contributed by atoms with Gasteiger partial charge in [-0.2, -0.15) is 0 Å². The Bertz CT molecular complexity index is 98.6. The number of aldehydes is 1. The molecule has 8 heavy (non-hydrogen) atoms. The molecule has 0 saturated heterocycles. The van der Waals surface area contributed by atoms with Gasteiger partial charge in [0.25, 0.3) is 0 Å². The molecular weight excluding hydrogens is 106 g/mol. The monoisotopic (exact) mass is 115 g/mol. The largest absolute Gasteiger partial charge is 0.396 e. The van der Waals surface area contributed by atoms with Crippen LogP contribution in [0, 0.1) is 0 Å². The van der Waals surface area contributed by atoms with Crippen molar-refractivity contribution < 1.29 is 9.63 Å². The second-order valence-corrected chi connectivity index (χ2v) is 1.27. The minimum Gasteiger partial charge on any atom is -0.396 e. The summed E-state index contributed by atoms with van der Waals surface area (Å²) in [5.74, 6) is 0. The third kappa shape index (κ3) is 3.33. The number of oxime groups is 1. The number of hydrogen-bond acceptors (Lipinski definition) is 3. The van der Waals surface area contributed by atoms with E-state index in [0.717, 1.165) is 0 Å². The minimum absolute atomic E-state index is 0.367. The molecule has 0 rings (SSSR count). The van der Waals surface area contributed by atoms with Crippen molar-refractivity contribution in [2.75, 3.05) is 6.61 Å². The van der Waals surface area contributed by atoms with E-state index in [9.17, 15) is 4.79 Å². The Labute approximate surface area is 48.3 Å². The molecule has 0 saturated carbocycles. The summed E-state index contributed by atoms with van der Waals surface area (Å²) in [5.41, 5.74) is 0.367. The van der Waals surface area contributed by atoms with Gasteiger partial charge < -0.3 is 4.84 Å². The number of hydrogen-bond donors (Lipinski definition) is 0. The molecule has 0 aromatic rings. The van der Waals surface area contributed by atoms with Gasteiger partial charge in [-0.05, 0) is 13.8 Å². The van der Waals surface area contributed by atoms with E-state index in [1.54, 1.807) is 6.92 Å². The first-order valence-electron chi connectivity index (χ1n) is 2.43. The van der Waals surface area contributed by atoms with Crippen LogP contribution >= 0.6 is 0 Å². The maximum absolute atomic E-state index is 9.80. The molecule has 0 bridgehead atoms. The molecule has 0 spiro atoms. The van der Waals surface area contributed by atoms with Crippen LogP contribution in [0.4, 0.5) is 0 Å². The Kier molecular flexibility index (Phi) is 3.84. The van der Waals surface area contributed by atoms with Crippen molar-refractivity contribution in [1.29, 1.82) is 0 Å². The average molecular weight is 115 g/mol. The summed E-state index contributed by atoms with van der Waals surface area (Å²) in [4.78, 5) is 14.3. The zero-order chi connectivity index (χ0) is 6.41. The molecule has 0 radical (unpaired) electrons. The van der Waals surface area contributed by atoms with Crippen LogP contribution in [0.1, 0.15) is 13.8 Å². The van der Waals surface area contributed by atoms with Gasteiger partial charge in [-0.25, -0.2) is 0 Å². The average Bonchev–Trinajstić information content (AvgIpc) is 1.83. The summed E-state index contributed by atoms with van der Waals surface area (Å²) < 4.78 is 0. The van der Waals surface area contributed by atoms with E-state index >= 15 is 0 Å². The van der Waals surface area contributed by atoms with Gasteiger partial charge in [-0.15, -0.1) is 0 Å². The highest BCUT2D eigenvalue weighted by molar-refractivity contribution is 6.26. The van der Waals surface area contributed by atoms with Crippen molar-refractivity contribution in [3.05, 3.63) is 0 Å². The third-order valence-corrected chi connectivity index (χ3v) is 0.508. The second kappa shape index (κ2) is 4.30. The van der Waals surface area contributed by atoms with Gasteiger partial charge in [0.15, 0.2) is 6.29 Å². The number of carbonyl (C=O) groups excluding carboxylic acids is 1. The van der Waals surface area contributed by atoms with E-state index in [1.807, 2.05) is 6.92 Å².